The predicted octanol–water partition coefficient (Wildman–Crippen LogP) is 2.96. The number of rotatable bonds is 5. The van der Waals surface area contributed by atoms with E-state index in [9.17, 15) is 13.6 Å². The van der Waals surface area contributed by atoms with E-state index >= 15 is 0 Å². The molecular formula is C12H14F2O2. The van der Waals surface area contributed by atoms with E-state index in [1.807, 2.05) is 13.8 Å². The monoisotopic (exact) mass is 228 g/mol. The maximum Gasteiger partial charge on any atom is 0.168 e. The zero-order chi connectivity index (χ0) is 12.1. The van der Waals surface area contributed by atoms with Gasteiger partial charge in [-0.25, -0.2) is 8.78 Å². The molecule has 0 aliphatic rings. The summed E-state index contributed by atoms with van der Waals surface area (Å²) in [7, 11) is 0. The fourth-order valence-electron chi connectivity index (χ4n) is 1.24. The fraction of sp³-hybridized carbons (Fsp3) is 0.417. The smallest absolute Gasteiger partial charge is 0.168 e. The molecule has 0 N–H and O–H groups in total. The lowest BCUT2D eigenvalue weighted by molar-refractivity contribution is 0.0676. The molecule has 0 unspecified atom stereocenters. The molecule has 0 aliphatic carbocycles. The van der Waals surface area contributed by atoms with Gasteiger partial charge < -0.3 is 4.74 Å². The number of halogens is 2. The summed E-state index contributed by atoms with van der Waals surface area (Å²) in [5, 5.41) is 0. The van der Waals surface area contributed by atoms with Crippen LogP contribution in [0.2, 0.25) is 0 Å². The van der Waals surface area contributed by atoms with Gasteiger partial charge in [-0.3, -0.25) is 4.79 Å². The molecule has 1 rings (SSSR count). The fourth-order valence-corrected chi connectivity index (χ4v) is 1.24. The van der Waals surface area contributed by atoms with Crippen molar-refractivity contribution in [1.82, 2.24) is 0 Å². The van der Waals surface area contributed by atoms with Gasteiger partial charge in [0.2, 0.25) is 0 Å². The zero-order valence-corrected chi connectivity index (χ0v) is 9.30. The van der Waals surface area contributed by atoms with Gasteiger partial charge in [0.25, 0.3) is 0 Å². The Hall–Kier alpha value is -1.29. The van der Waals surface area contributed by atoms with Crippen molar-refractivity contribution >= 4 is 5.78 Å². The Morgan fingerprint density at radius 3 is 2.62 bits per heavy atom. The van der Waals surface area contributed by atoms with Crippen molar-refractivity contribution in [2.75, 3.05) is 6.61 Å². The van der Waals surface area contributed by atoms with Gasteiger partial charge in [0.15, 0.2) is 5.78 Å². The second kappa shape index (κ2) is 5.70. The number of Topliss-reactive ketones (excluding diaryl/α,β-unsaturated/α-hetero) is 1. The third-order valence-electron chi connectivity index (χ3n) is 2.01. The quantitative estimate of drug-likeness (QED) is 0.724. The summed E-state index contributed by atoms with van der Waals surface area (Å²) in [6, 6.07) is 2.93. The van der Waals surface area contributed by atoms with E-state index in [0.29, 0.717) is 6.07 Å². The summed E-state index contributed by atoms with van der Waals surface area (Å²) in [5.41, 5.74) is -0.0891. The van der Waals surface area contributed by atoms with Crippen molar-refractivity contribution in [2.45, 2.75) is 26.4 Å². The highest BCUT2D eigenvalue weighted by Gasteiger charge is 2.12. The lowest BCUT2D eigenvalue weighted by atomic mass is 10.1. The summed E-state index contributed by atoms with van der Waals surface area (Å²) in [4.78, 5) is 11.5. The number of benzene rings is 1. The Balaban J connectivity index is 2.59. The minimum absolute atomic E-state index is 0.0332. The number of carbonyl (C=O) groups excluding carboxylic acids is 1. The summed E-state index contributed by atoms with van der Waals surface area (Å²) < 4.78 is 31.0. The third-order valence-corrected chi connectivity index (χ3v) is 2.01. The number of hydrogen-bond donors (Lipinski definition) is 0. The third kappa shape index (κ3) is 3.70. The molecule has 0 bridgehead atoms. The molecule has 1 aromatic carbocycles. The highest BCUT2D eigenvalue weighted by molar-refractivity contribution is 5.96. The number of ketones is 1. The van der Waals surface area contributed by atoms with Crippen molar-refractivity contribution in [1.29, 1.82) is 0 Å². The van der Waals surface area contributed by atoms with Crippen LogP contribution in [0.3, 0.4) is 0 Å². The van der Waals surface area contributed by atoms with Crippen LogP contribution in [0, 0.1) is 11.6 Å². The molecule has 0 saturated heterocycles. The molecule has 0 atom stereocenters. The van der Waals surface area contributed by atoms with Crippen molar-refractivity contribution in [3.63, 3.8) is 0 Å². The van der Waals surface area contributed by atoms with E-state index in [-0.39, 0.29) is 30.5 Å². The Bertz CT molecular complexity index is 375. The number of carbonyl (C=O) groups is 1. The molecule has 0 heterocycles. The molecule has 0 aliphatic heterocycles. The molecule has 0 radical (unpaired) electrons. The predicted molar refractivity (Wildman–Crippen MR) is 56.4 cm³/mol. The van der Waals surface area contributed by atoms with Crippen LogP contribution in [0.25, 0.3) is 0 Å². The van der Waals surface area contributed by atoms with Crippen molar-refractivity contribution in [3.8, 4) is 0 Å². The summed E-state index contributed by atoms with van der Waals surface area (Å²) in [6.07, 6.45) is 0.131. The van der Waals surface area contributed by atoms with Gasteiger partial charge in [-0.15, -0.1) is 0 Å². The van der Waals surface area contributed by atoms with Gasteiger partial charge in [0.1, 0.15) is 11.6 Å². The molecular weight excluding hydrogens is 214 g/mol. The molecule has 0 fully saturated rings. The molecule has 2 nitrogen and oxygen atoms in total. The Morgan fingerprint density at radius 1 is 1.38 bits per heavy atom. The largest absolute Gasteiger partial charge is 0.378 e. The van der Waals surface area contributed by atoms with Crippen LogP contribution in [-0.2, 0) is 4.74 Å². The maximum absolute atomic E-state index is 13.2. The molecule has 4 heteroatoms. The second-order valence-electron chi connectivity index (χ2n) is 3.72. The molecule has 1 aromatic rings. The second-order valence-corrected chi connectivity index (χ2v) is 3.72. The zero-order valence-electron chi connectivity index (χ0n) is 9.30. The van der Waals surface area contributed by atoms with Gasteiger partial charge in [0.05, 0.1) is 18.3 Å². The first-order valence-electron chi connectivity index (χ1n) is 5.10. The van der Waals surface area contributed by atoms with Crippen molar-refractivity contribution in [3.05, 3.63) is 35.4 Å². The van der Waals surface area contributed by atoms with Gasteiger partial charge in [-0.1, -0.05) is 0 Å². The van der Waals surface area contributed by atoms with E-state index in [0.717, 1.165) is 12.1 Å². The Morgan fingerprint density at radius 2 is 2.06 bits per heavy atom. The number of hydrogen-bond acceptors (Lipinski definition) is 2. The van der Waals surface area contributed by atoms with Crippen LogP contribution in [-0.4, -0.2) is 18.5 Å². The molecule has 0 spiro atoms. The first-order chi connectivity index (χ1) is 7.50. The SMILES string of the molecule is CC(C)OCCC(=O)c1ccc(F)cc1F. The molecule has 0 amide bonds. The lowest BCUT2D eigenvalue weighted by Gasteiger charge is -2.07. The van der Waals surface area contributed by atoms with Gasteiger partial charge in [-0.2, -0.15) is 0 Å². The minimum Gasteiger partial charge on any atom is -0.378 e. The topological polar surface area (TPSA) is 26.3 Å². The van der Waals surface area contributed by atoms with Gasteiger partial charge in [0, 0.05) is 12.5 Å². The van der Waals surface area contributed by atoms with Gasteiger partial charge >= 0.3 is 0 Å². The summed E-state index contributed by atoms with van der Waals surface area (Å²) in [5.74, 6) is -1.89. The average molecular weight is 228 g/mol. The minimum atomic E-state index is -0.824. The lowest BCUT2D eigenvalue weighted by Crippen LogP contribution is -2.10. The van der Waals surface area contributed by atoms with Crippen LogP contribution in [0.1, 0.15) is 30.6 Å². The average Bonchev–Trinajstić information content (AvgIpc) is 2.16. The Labute approximate surface area is 93.2 Å². The van der Waals surface area contributed by atoms with E-state index in [1.54, 1.807) is 0 Å². The highest BCUT2D eigenvalue weighted by atomic mass is 19.1. The maximum atomic E-state index is 13.2. The first-order valence-corrected chi connectivity index (χ1v) is 5.10. The van der Waals surface area contributed by atoms with E-state index in [1.165, 1.54) is 0 Å². The van der Waals surface area contributed by atoms with Crippen LogP contribution in [0.5, 0.6) is 0 Å². The first kappa shape index (κ1) is 12.8. The molecule has 0 saturated carbocycles. The van der Waals surface area contributed by atoms with Crippen LogP contribution < -0.4 is 0 Å². The van der Waals surface area contributed by atoms with E-state index in [2.05, 4.69) is 0 Å². The normalized spacial score (nSPS) is 10.8. The molecule has 16 heavy (non-hydrogen) atoms. The molecule has 88 valence electrons. The van der Waals surface area contributed by atoms with E-state index in [4.69, 9.17) is 4.74 Å². The number of ether oxygens (including phenoxy) is 1. The summed E-state index contributed by atoms with van der Waals surface area (Å²) in [6.45, 7) is 3.94. The van der Waals surface area contributed by atoms with Crippen molar-refractivity contribution in [2.24, 2.45) is 0 Å². The van der Waals surface area contributed by atoms with E-state index < -0.39 is 11.6 Å². The van der Waals surface area contributed by atoms with Crippen molar-refractivity contribution < 1.29 is 18.3 Å². The van der Waals surface area contributed by atoms with Crippen LogP contribution in [0.4, 0.5) is 8.78 Å². The molecule has 0 aromatic heterocycles. The summed E-state index contributed by atoms with van der Waals surface area (Å²) >= 11 is 0. The van der Waals surface area contributed by atoms with Crippen LogP contribution in [0.15, 0.2) is 18.2 Å². The van der Waals surface area contributed by atoms with Crippen LogP contribution >= 0.6 is 0 Å². The Kier molecular flexibility index (Phi) is 4.55. The van der Waals surface area contributed by atoms with Gasteiger partial charge in [-0.05, 0) is 26.0 Å². The highest BCUT2D eigenvalue weighted by Crippen LogP contribution is 2.11. The standard InChI is InChI=1S/C12H14F2O2/c1-8(2)16-6-5-12(15)10-4-3-9(13)7-11(10)14/h3-4,7-8H,5-6H2,1-2H3.